The minimum Gasteiger partial charge on any atom is -0.508 e. The van der Waals surface area contributed by atoms with E-state index in [1.165, 1.54) is 18.2 Å². The standard InChI is InChI=1S/C19H16O5/c1-10(2)5-6-24-12-3-4-13-14(9-12)18(22)15-7-11(20)8-16(21)17(15)19(13)23/h3-5,7-9,20-21H,6H2,1-2H3. The van der Waals surface area contributed by atoms with E-state index in [0.29, 0.717) is 12.4 Å². The van der Waals surface area contributed by atoms with Crippen molar-refractivity contribution in [1.82, 2.24) is 0 Å². The predicted octanol–water partition coefficient (Wildman–Crippen LogP) is 3.22. The van der Waals surface area contributed by atoms with Gasteiger partial charge in [-0.3, -0.25) is 9.59 Å². The van der Waals surface area contributed by atoms with Gasteiger partial charge in [0.05, 0.1) is 5.56 Å². The van der Waals surface area contributed by atoms with Crippen molar-refractivity contribution in [2.75, 3.05) is 6.61 Å². The minimum absolute atomic E-state index is 0.00792. The van der Waals surface area contributed by atoms with Gasteiger partial charge in [0, 0.05) is 22.8 Å². The SMILES string of the molecule is CC(C)=CCOc1ccc2c(c1)C(=O)c1cc(O)cc(O)c1C2=O. The molecule has 3 rings (SSSR count). The predicted molar refractivity (Wildman–Crippen MR) is 88.0 cm³/mol. The van der Waals surface area contributed by atoms with Gasteiger partial charge in [-0.05, 0) is 44.2 Å². The van der Waals surface area contributed by atoms with Gasteiger partial charge in [0.25, 0.3) is 0 Å². The van der Waals surface area contributed by atoms with Crippen LogP contribution in [0.5, 0.6) is 17.2 Å². The summed E-state index contributed by atoms with van der Waals surface area (Å²) >= 11 is 0. The van der Waals surface area contributed by atoms with Crippen LogP contribution in [0.4, 0.5) is 0 Å². The number of allylic oxidation sites excluding steroid dienone is 1. The van der Waals surface area contributed by atoms with Crippen LogP contribution in [0.25, 0.3) is 0 Å². The summed E-state index contributed by atoms with van der Waals surface area (Å²) in [6.07, 6.45) is 1.90. The Hall–Kier alpha value is -3.08. The van der Waals surface area contributed by atoms with E-state index < -0.39 is 17.3 Å². The summed E-state index contributed by atoms with van der Waals surface area (Å²) in [5, 5.41) is 19.5. The van der Waals surface area contributed by atoms with Crippen molar-refractivity contribution in [3.05, 3.63) is 64.2 Å². The van der Waals surface area contributed by atoms with Gasteiger partial charge in [0.1, 0.15) is 23.9 Å². The first kappa shape index (κ1) is 15.8. The molecule has 0 saturated carbocycles. The molecule has 0 saturated heterocycles. The van der Waals surface area contributed by atoms with Gasteiger partial charge >= 0.3 is 0 Å². The van der Waals surface area contributed by atoms with E-state index in [0.717, 1.165) is 11.6 Å². The number of phenols is 2. The molecule has 0 spiro atoms. The Morgan fingerprint density at radius 1 is 1.00 bits per heavy atom. The van der Waals surface area contributed by atoms with Gasteiger partial charge in [0.15, 0.2) is 11.6 Å². The number of hydrogen-bond donors (Lipinski definition) is 2. The summed E-state index contributed by atoms with van der Waals surface area (Å²) in [6, 6.07) is 6.88. The number of aromatic hydroxyl groups is 2. The Morgan fingerprint density at radius 2 is 1.75 bits per heavy atom. The molecule has 2 aromatic carbocycles. The molecular weight excluding hydrogens is 308 g/mol. The number of ether oxygens (including phenoxy) is 1. The number of hydrogen-bond acceptors (Lipinski definition) is 5. The van der Waals surface area contributed by atoms with Crippen LogP contribution in [-0.4, -0.2) is 28.4 Å². The van der Waals surface area contributed by atoms with Crippen LogP contribution in [0.3, 0.4) is 0 Å². The van der Waals surface area contributed by atoms with Crippen molar-refractivity contribution < 1.29 is 24.5 Å². The molecule has 0 amide bonds. The van der Waals surface area contributed by atoms with Gasteiger partial charge in [0.2, 0.25) is 0 Å². The Morgan fingerprint density at radius 3 is 2.46 bits per heavy atom. The first-order valence-corrected chi connectivity index (χ1v) is 7.44. The lowest BCUT2D eigenvalue weighted by Gasteiger charge is -2.19. The molecule has 122 valence electrons. The van der Waals surface area contributed by atoms with E-state index in [1.54, 1.807) is 6.07 Å². The number of rotatable bonds is 3. The minimum atomic E-state index is -0.451. The molecule has 24 heavy (non-hydrogen) atoms. The first-order chi connectivity index (χ1) is 11.4. The van der Waals surface area contributed by atoms with Gasteiger partial charge in [-0.25, -0.2) is 0 Å². The summed E-state index contributed by atoms with van der Waals surface area (Å²) in [6.45, 7) is 4.27. The number of carbonyl (C=O) groups is 2. The number of fused-ring (bicyclic) bond motifs is 2. The molecule has 0 radical (unpaired) electrons. The third-order valence-electron chi connectivity index (χ3n) is 3.80. The van der Waals surface area contributed by atoms with E-state index in [9.17, 15) is 19.8 Å². The molecular formula is C19H16O5. The molecule has 1 aliphatic carbocycles. The molecule has 0 aromatic heterocycles. The van der Waals surface area contributed by atoms with Gasteiger partial charge < -0.3 is 14.9 Å². The lowest BCUT2D eigenvalue weighted by Crippen LogP contribution is -2.21. The zero-order valence-electron chi connectivity index (χ0n) is 13.3. The second-order valence-corrected chi connectivity index (χ2v) is 5.85. The Labute approximate surface area is 138 Å². The molecule has 5 nitrogen and oxygen atoms in total. The number of benzene rings is 2. The van der Waals surface area contributed by atoms with Gasteiger partial charge in [-0.15, -0.1) is 0 Å². The normalized spacial score (nSPS) is 12.4. The lowest BCUT2D eigenvalue weighted by atomic mass is 9.83. The zero-order chi connectivity index (χ0) is 17.4. The molecule has 2 N–H and O–H groups in total. The second-order valence-electron chi connectivity index (χ2n) is 5.85. The molecule has 5 heteroatoms. The van der Waals surface area contributed by atoms with Crippen LogP contribution in [-0.2, 0) is 0 Å². The second kappa shape index (κ2) is 5.85. The van der Waals surface area contributed by atoms with Crippen LogP contribution in [0.1, 0.15) is 45.7 Å². The maximum atomic E-state index is 12.7. The zero-order valence-corrected chi connectivity index (χ0v) is 13.3. The Kier molecular flexibility index (Phi) is 3.85. The highest BCUT2D eigenvalue weighted by Gasteiger charge is 2.32. The van der Waals surface area contributed by atoms with Gasteiger partial charge in [-0.2, -0.15) is 0 Å². The molecule has 0 aliphatic heterocycles. The van der Waals surface area contributed by atoms with Crippen molar-refractivity contribution in [3.63, 3.8) is 0 Å². The number of phenolic OH excluding ortho intramolecular Hbond substituents is 2. The van der Waals surface area contributed by atoms with Crippen molar-refractivity contribution in [2.24, 2.45) is 0 Å². The van der Waals surface area contributed by atoms with Crippen LogP contribution >= 0.6 is 0 Å². The smallest absolute Gasteiger partial charge is 0.198 e. The van der Waals surface area contributed by atoms with Crippen LogP contribution in [0, 0.1) is 0 Å². The van der Waals surface area contributed by atoms with Crippen LogP contribution in [0.2, 0.25) is 0 Å². The van der Waals surface area contributed by atoms with Crippen LogP contribution < -0.4 is 4.74 Å². The number of ketones is 2. The molecule has 1 aliphatic rings. The largest absolute Gasteiger partial charge is 0.508 e. The van der Waals surface area contributed by atoms with E-state index in [1.807, 2.05) is 19.9 Å². The Bertz CT molecular complexity index is 889. The Balaban J connectivity index is 2.03. The van der Waals surface area contributed by atoms with E-state index in [2.05, 4.69) is 0 Å². The summed E-state index contributed by atoms with van der Waals surface area (Å²) in [7, 11) is 0. The van der Waals surface area contributed by atoms with Gasteiger partial charge in [-0.1, -0.05) is 5.57 Å². The quantitative estimate of drug-likeness (QED) is 0.723. The maximum Gasteiger partial charge on any atom is 0.198 e. The highest BCUT2D eigenvalue weighted by molar-refractivity contribution is 6.29. The first-order valence-electron chi connectivity index (χ1n) is 7.44. The van der Waals surface area contributed by atoms with E-state index >= 15 is 0 Å². The molecule has 0 unspecified atom stereocenters. The average molecular weight is 324 g/mol. The van der Waals surface area contributed by atoms with Crippen molar-refractivity contribution >= 4 is 11.6 Å². The highest BCUT2D eigenvalue weighted by atomic mass is 16.5. The van der Waals surface area contributed by atoms with Crippen molar-refractivity contribution in [1.29, 1.82) is 0 Å². The fraction of sp³-hybridized carbons (Fsp3) is 0.158. The highest BCUT2D eigenvalue weighted by Crippen LogP contribution is 2.36. The molecule has 0 bridgehead atoms. The fourth-order valence-corrected chi connectivity index (χ4v) is 2.61. The monoisotopic (exact) mass is 324 g/mol. The molecule has 2 aromatic rings. The van der Waals surface area contributed by atoms with Crippen molar-refractivity contribution in [2.45, 2.75) is 13.8 Å². The third-order valence-corrected chi connectivity index (χ3v) is 3.80. The van der Waals surface area contributed by atoms with Crippen LogP contribution in [0.15, 0.2) is 42.0 Å². The summed E-state index contributed by atoms with van der Waals surface area (Å²) in [5.41, 5.74) is 1.43. The summed E-state index contributed by atoms with van der Waals surface area (Å²) in [4.78, 5) is 25.2. The molecule has 0 heterocycles. The average Bonchev–Trinajstić information content (AvgIpc) is 2.51. The van der Waals surface area contributed by atoms with E-state index in [4.69, 9.17) is 4.74 Å². The number of carbonyl (C=O) groups excluding carboxylic acids is 2. The summed E-state index contributed by atoms with van der Waals surface area (Å²) in [5.74, 6) is -1.09. The maximum absolute atomic E-state index is 12.7. The molecule has 0 fully saturated rings. The lowest BCUT2D eigenvalue weighted by molar-refractivity contribution is 0.0976. The fourth-order valence-electron chi connectivity index (χ4n) is 2.61. The van der Waals surface area contributed by atoms with E-state index in [-0.39, 0.29) is 28.0 Å². The summed E-state index contributed by atoms with van der Waals surface area (Å²) < 4.78 is 5.56. The third kappa shape index (κ3) is 2.65. The molecule has 0 atom stereocenters. The van der Waals surface area contributed by atoms with Crippen molar-refractivity contribution in [3.8, 4) is 17.2 Å². The topological polar surface area (TPSA) is 83.8 Å².